The Morgan fingerprint density at radius 3 is 2.52 bits per heavy atom. The Kier molecular flexibility index (Phi) is 4.68. The van der Waals surface area contributed by atoms with Gasteiger partial charge in [0.25, 0.3) is 0 Å². The van der Waals surface area contributed by atoms with Gasteiger partial charge in [0.1, 0.15) is 5.82 Å². The molecule has 1 heterocycles. The fraction of sp³-hybridized carbons (Fsp3) is 0.364. The molecular formula is C22H23FN2O2. The SMILES string of the molecule is O=C1CCCN1c1cccc(NC(=O)C2(c3cccc(F)c3)CCCC2)c1. The van der Waals surface area contributed by atoms with E-state index in [-0.39, 0.29) is 17.6 Å². The van der Waals surface area contributed by atoms with Crippen LogP contribution in [0, 0.1) is 5.82 Å². The Bertz CT molecular complexity index is 874. The molecule has 0 aromatic heterocycles. The van der Waals surface area contributed by atoms with Gasteiger partial charge in [-0.25, -0.2) is 4.39 Å². The highest BCUT2D eigenvalue weighted by Gasteiger charge is 2.43. The van der Waals surface area contributed by atoms with Gasteiger partial charge in [-0.05, 0) is 55.2 Å². The molecule has 2 aliphatic rings. The van der Waals surface area contributed by atoms with Crippen molar-refractivity contribution in [3.05, 3.63) is 59.9 Å². The summed E-state index contributed by atoms with van der Waals surface area (Å²) in [5, 5.41) is 3.02. The third-order valence-electron chi connectivity index (χ3n) is 5.76. The molecule has 4 rings (SSSR count). The van der Waals surface area contributed by atoms with Crippen molar-refractivity contribution in [2.45, 2.75) is 43.9 Å². The number of rotatable bonds is 4. The molecule has 2 fully saturated rings. The minimum Gasteiger partial charge on any atom is -0.325 e. The summed E-state index contributed by atoms with van der Waals surface area (Å²) in [4.78, 5) is 27.0. The van der Waals surface area contributed by atoms with Gasteiger partial charge >= 0.3 is 0 Å². The van der Waals surface area contributed by atoms with Crippen LogP contribution in [0.25, 0.3) is 0 Å². The predicted molar refractivity (Wildman–Crippen MR) is 103 cm³/mol. The van der Waals surface area contributed by atoms with E-state index in [1.807, 2.05) is 30.3 Å². The molecular weight excluding hydrogens is 343 g/mol. The molecule has 140 valence electrons. The molecule has 0 radical (unpaired) electrons. The summed E-state index contributed by atoms with van der Waals surface area (Å²) in [5.74, 6) is -0.304. The van der Waals surface area contributed by atoms with Crippen LogP contribution in [0.5, 0.6) is 0 Å². The van der Waals surface area contributed by atoms with Crippen molar-refractivity contribution in [1.29, 1.82) is 0 Å². The molecule has 2 aromatic rings. The van der Waals surface area contributed by atoms with Gasteiger partial charge in [-0.3, -0.25) is 9.59 Å². The van der Waals surface area contributed by atoms with Crippen LogP contribution in [0.4, 0.5) is 15.8 Å². The third kappa shape index (κ3) is 3.34. The van der Waals surface area contributed by atoms with E-state index in [2.05, 4.69) is 5.32 Å². The van der Waals surface area contributed by atoms with E-state index in [4.69, 9.17) is 0 Å². The maximum absolute atomic E-state index is 13.8. The first-order valence-corrected chi connectivity index (χ1v) is 9.56. The minimum atomic E-state index is -0.693. The van der Waals surface area contributed by atoms with Crippen LogP contribution >= 0.6 is 0 Å². The Balaban J connectivity index is 1.60. The predicted octanol–water partition coefficient (Wildman–Crippen LogP) is 4.40. The molecule has 2 aromatic carbocycles. The van der Waals surface area contributed by atoms with E-state index in [0.29, 0.717) is 31.5 Å². The van der Waals surface area contributed by atoms with Crippen molar-refractivity contribution in [3.63, 3.8) is 0 Å². The van der Waals surface area contributed by atoms with Crippen LogP contribution in [0.2, 0.25) is 0 Å². The van der Waals surface area contributed by atoms with Gasteiger partial charge in [0.2, 0.25) is 11.8 Å². The summed E-state index contributed by atoms with van der Waals surface area (Å²) < 4.78 is 13.8. The van der Waals surface area contributed by atoms with Crippen LogP contribution in [-0.4, -0.2) is 18.4 Å². The monoisotopic (exact) mass is 366 g/mol. The van der Waals surface area contributed by atoms with Crippen molar-refractivity contribution in [3.8, 4) is 0 Å². The lowest BCUT2D eigenvalue weighted by Gasteiger charge is -2.28. The van der Waals surface area contributed by atoms with E-state index < -0.39 is 5.41 Å². The lowest BCUT2D eigenvalue weighted by Crippen LogP contribution is -2.38. The lowest BCUT2D eigenvalue weighted by atomic mass is 9.78. The maximum Gasteiger partial charge on any atom is 0.235 e. The number of benzene rings is 2. The number of carbonyl (C=O) groups excluding carboxylic acids is 2. The fourth-order valence-electron chi connectivity index (χ4n) is 4.33. The average molecular weight is 366 g/mol. The highest BCUT2D eigenvalue weighted by molar-refractivity contribution is 6.01. The highest BCUT2D eigenvalue weighted by Crippen LogP contribution is 2.42. The van der Waals surface area contributed by atoms with Crippen LogP contribution in [0.3, 0.4) is 0 Å². The zero-order valence-corrected chi connectivity index (χ0v) is 15.2. The van der Waals surface area contributed by atoms with Gasteiger partial charge in [-0.1, -0.05) is 31.0 Å². The van der Waals surface area contributed by atoms with Crippen molar-refractivity contribution < 1.29 is 14.0 Å². The smallest absolute Gasteiger partial charge is 0.235 e. The first-order chi connectivity index (χ1) is 13.1. The number of carbonyl (C=O) groups is 2. The Labute approximate surface area is 158 Å². The van der Waals surface area contributed by atoms with Crippen molar-refractivity contribution in [2.75, 3.05) is 16.8 Å². The molecule has 0 bridgehead atoms. The molecule has 27 heavy (non-hydrogen) atoms. The zero-order valence-electron chi connectivity index (χ0n) is 15.2. The first-order valence-electron chi connectivity index (χ1n) is 9.56. The molecule has 0 unspecified atom stereocenters. The molecule has 2 amide bonds. The maximum atomic E-state index is 13.8. The number of anilines is 2. The lowest BCUT2D eigenvalue weighted by molar-refractivity contribution is -0.121. The molecule has 1 aliphatic carbocycles. The molecule has 4 nitrogen and oxygen atoms in total. The third-order valence-corrected chi connectivity index (χ3v) is 5.76. The average Bonchev–Trinajstić information content (AvgIpc) is 3.32. The van der Waals surface area contributed by atoms with Crippen LogP contribution in [0.1, 0.15) is 44.1 Å². The Morgan fingerprint density at radius 2 is 1.81 bits per heavy atom. The fourth-order valence-corrected chi connectivity index (χ4v) is 4.33. The number of hydrogen-bond donors (Lipinski definition) is 1. The van der Waals surface area contributed by atoms with Crippen molar-refractivity contribution >= 4 is 23.2 Å². The van der Waals surface area contributed by atoms with Crippen LogP contribution in [-0.2, 0) is 15.0 Å². The first kappa shape index (κ1) is 17.7. The summed E-state index contributed by atoms with van der Waals surface area (Å²) in [6.07, 6.45) is 4.76. The molecule has 1 saturated carbocycles. The quantitative estimate of drug-likeness (QED) is 0.872. The second-order valence-electron chi connectivity index (χ2n) is 7.45. The summed E-state index contributed by atoms with van der Waals surface area (Å²) in [6.45, 7) is 0.712. The largest absolute Gasteiger partial charge is 0.325 e. The second kappa shape index (κ2) is 7.14. The number of nitrogens with one attached hydrogen (secondary N) is 1. The van der Waals surface area contributed by atoms with Gasteiger partial charge in [-0.15, -0.1) is 0 Å². The Morgan fingerprint density at radius 1 is 1.04 bits per heavy atom. The molecule has 0 atom stereocenters. The number of hydrogen-bond acceptors (Lipinski definition) is 2. The number of amides is 2. The molecule has 1 N–H and O–H groups in total. The van der Waals surface area contributed by atoms with E-state index in [1.165, 1.54) is 12.1 Å². The summed E-state index contributed by atoms with van der Waals surface area (Å²) in [7, 11) is 0. The van der Waals surface area contributed by atoms with Crippen LogP contribution in [0.15, 0.2) is 48.5 Å². The van der Waals surface area contributed by atoms with E-state index in [1.54, 1.807) is 11.0 Å². The standard InChI is InChI=1S/C22H23FN2O2/c23-17-7-3-6-16(14-17)22(11-1-2-12-22)21(27)24-18-8-4-9-19(15-18)25-13-5-10-20(25)26/h3-4,6-9,14-15H,1-2,5,10-13H2,(H,24,27). The second-order valence-corrected chi connectivity index (χ2v) is 7.45. The minimum absolute atomic E-state index is 0.101. The summed E-state index contributed by atoms with van der Waals surface area (Å²) in [5.41, 5.74) is 1.52. The number of nitrogens with zero attached hydrogens (tertiary/aromatic N) is 1. The van der Waals surface area contributed by atoms with E-state index in [9.17, 15) is 14.0 Å². The molecule has 5 heteroatoms. The molecule has 0 spiro atoms. The summed E-state index contributed by atoms with van der Waals surface area (Å²) >= 11 is 0. The molecule has 1 saturated heterocycles. The van der Waals surface area contributed by atoms with E-state index in [0.717, 1.165) is 30.5 Å². The van der Waals surface area contributed by atoms with E-state index >= 15 is 0 Å². The summed E-state index contributed by atoms with van der Waals surface area (Å²) in [6, 6.07) is 13.8. The van der Waals surface area contributed by atoms with Gasteiger partial charge < -0.3 is 10.2 Å². The topological polar surface area (TPSA) is 49.4 Å². The highest BCUT2D eigenvalue weighted by atomic mass is 19.1. The zero-order chi connectivity index (χ0) is 18.9. The Hall–Kier alpha value is -2.69. The van der Waals surface area contributed by atoms with Gasteiger partial charge in [0, 0.05) is 24.3 Å². The van der Waals surface area contributed by atoms with Gasteiger partial charge in [0.05, 0.1) is 5.41 Å². The van der Waals surface area contributed by atoms with Crippen molar-refractivity contribution in [1.82, 2.24) is 0 Å². The normalized spacial score (nSPS) is 18.7. The van der Waals surface area contributed by atoms with Crippen LogP contribution < -0.4 is 10.2 Å². The molecule has 1 aliphatic heterocycles. The number of halogens is 1. The van der Waals surface area contributed by atoms with Gasteiger partial charge in [-0.2, -0.15) is 0 Å². The van der Waals surface area contributed by atoms with Gasteiger partial charge in [0.15, 0.2) is 0 Å². The van der Waals surface area contributed by atoms with Crippen molar-refractivity contribution in [2.24, 2.45) is 0 Å².